The van der Waals surface area contributed by atoms with Gasteiger partial charge in [0.05, 0.1) is 11.4 Å². The van der Waals surface area contributed by atoms with Gasteiger partial charge in [0.2, 0.25) is 0 Å². The number of rotatable bonds is 3. The summed E-state index contributed by atoms with van der Waals surface area (Å²) >= 11 is 0. The molecule has 0 aromatic heterocycles. The largest absolute Gasteiger partial charge is 0.396 e. The minimum absolute atomic E-state index is 0.747. The molecule has 0 atom stereocenters. The molecule has 0 aliphatic carbocycles. The molecule has 120 valence electrons. The van der Waals surface area contributed by atoms with E-state index in [1.165, 1.54) is 5.56 Å². The molecule has 4 N–H and O–H groups in total. The van der Waals surface area contributed by atoms with Crippen molar-refractivity contribution in [3.63, 3.8) is 0 Å². The molecular weight excluding hydrogens is 284 g/mol. The standard InChI is InChI=1S/C19H24N4/c1-3-12-23(21)19-16-10-6-7-11-17(16)22(2)13-14-8-4-5-9-15(14)18(19)20/h4-11H,3,12-13,20-21H2,1-2H3/b19-18-. The number of para-hydroxylation sites is 1. The Balaban J connectivity index is 2.29. The molecule has 4 heteroatoms. The van der Waals surface area contributed by atoms with E-state index in [1.54, 1.807) is 5.01 Å². The smallest absolute Gasteiger partial charge is 0.0846 e. The molecule has 0 unspecified atom stereocenters. The van der Waals surface area contributed by atoms with Crippen molar-refractivity contribution in [2.24, 2.45) is 11.6 Å². The van der Waals surface area contributed by atoms with Crippen LogP contribution in [-0.4, -0.2) is 18.6 Å². The topological polar surface area (TPSA) is 58.5 Å². The van der Waals surface area contributed by atoms with Crippen molar-refractivity contribution in [2.75, 3.05) is 18.5 Å². The third-order valence-electron chi connectivity index (χ3n) is 4.29. The molecule has 0 spiro atoms. The van der Waals surface area contributed by atoms with Crippen molar-refractivity contribution in [1.29, 1.82) is 0 Å². The fraction of sp³-hybridized carbons (Fsp3) is 0.263. The third kappa shape index (κ3) is 2.78. The first-order valence-corrected chi connectivity index (χ1v) is 8.04. The maximum absolute atomic E-state index is 6.59. The van der Waals surface area contributed by atoms with Gasteiger partial charge in [0.25, 0.3) is 0 Å². The van der Waals surface area contributed by atoms with Crippen LogP contribution in [0.4, 0.5) is 5.69 Å². The average Bonchev–Trinajstić information content (AvgIpc) is 2.55. The van der Waals surface area contributed by atoms with Crippen LogP contribution >= 0.6 is 0 Å². The molecule has 0 amide bonds. The molecule has 0 saturated heterocycles. The highest BCUT2D eigenvalue weighted by Gasteiger charge is 2.23. The van der Waals surface area contributed by atoms with Gasteiger partial charge in [-0.25, -0.2) is 5.84 Å². The predicted molar refractivity (Wildman–Crippen MR) is 97.2 cm³/mol. The Morgan fingerprint density at radius 3 is 2.43 bits per heavy atom. The van der Waals surface area contributed by atoms with E-state index >= 15 is 0 Å². The predicted octanol–water partition coefficient (Wildman–Crippen LogP) is 3.01. The first kappa shape index (κ1) is 15.4. The number of hydrogen-bond acceptors (Lipinski definition) is 4. The second-order valence-electron chi connectivity index (χ2n) is 5.99. The molecule has 1 aliphatic heterocycles. The lowest BCUT2D eigenvalue weighted by molar-refractivity contribution is 0.416. The van der Waals surface area contributed by atoms with E-state index in [1.807, 2.05) is 12.1 Å². The Kier molecular flexibility index (Phi) is 4.26. The van der Waals surface area contributed by atoms with Gasteiger partial charge in [-0.05, 0) is 18.1 Å². The monoisotopic (exact) mass is 308 g/mol. The Morgan fingerprint density at radius 1 is 1.04 bits per heavy atom. The SMILES string of the molecule is CCCN(N)/C1=C(\N)c2ccccc2CN(C)c2ccccc21. The first-order chi connectivity index (χ1) is 11.1. The van der Waals surface area contributed by atoms with Gasteiger partial charge in [0, 0.05) is 37.0 Å². The van der Waals surface area contributed by atoms with Crippen LogP contribution in [0, 0.1) is 0 Å². The zero-order valence-electron chi connectivity index (χ0n) is 13.8. The van der Waals surface area contributed by atoms with Gasteiger partial charge in [-0.3, -0.25) is 0 Å². The van der Waals surface area contributed by atoms with Crippen molar-refractivity contribution in [1.82, 2.24) is 5.01 Å². The van der Waals surface area contributed by atoms with E-state index in [0.717, 1.165) is 47.7 Å². The van der Waals surface area contributed by atoms with Crippen LogP contribution in [-0.2, 0) is 6.54 Å². The lowest BCUT2D eigenvalue weighted by atomic mass is 9.96. The Bertz CT molecular complexity index is 736. The summed E-state index contributed by atoms with van der Waals surface area (Å²) in [5, 5.41) is 1.78. The quantitative estimate of drug-likeness (QED) is 0.676. The van der Waals surface area contributed by atoms with Crippen LogP contribution in [0.5, 0.6) is 0 Å². The van der Waals surface area contributed by atoms with E-state index in [4.69, 9.17) is 11.6 Å². The van der Waals surface area contributed by atoms with E-state index < -0.39 is 0 Å². The summed E-state index contributed by atoms with van der Waals surface area (Å²) < 4.78 is 0. The first-order valence-electron chi connectivity index (χ1n) is 8.04. The summed E-state index contributed by atoms with van der Waals surface area (Å²) in [6.07, 6.45) is 0.965. The summed E-state index contributed by atoms with van der Waals surface area (Å²) in [4.78, 5) is 2.25. The summed E-state index contributed by atoms with van der Waals surface area (Å²) in [6.45, 7) is 3.70. The Hall–Kier alpha value is -2.46. The summed E-state index contributed by atoms with van der Waals surface area (Å²) in [6, 6.07) is 16.6. The molecule has 3 rings (SSSR count). The number of hydrogen-bond donors (Lipinski definition) is 2. The van der Waals surface area contributed by atoms with Crippen LogP contribution in [0.15, 0.2) is 48.5 Å². The van der Waals surface area contributed by atoms with Crippen LogP contribution in [0.3, 0.4) is 0 Å². The highest BCUT2D eigenvalue weighted by Crippen LogP contribution is 2.35. The maximum atomic E-state index is 6.59. The van der Waals surface area contributed by atoms with Crippen molar-refractivity contribution < 1.29 is 0 Å². The molecular formula is C19H24N4. The van der Waals surface area contributed by atoms with E-state index in [0.29, 0.717) is 0 Å². The second kappa shape index (κ2) is 6.34. The molecule has 0 fully saturated rings. The molecule has 2 aromatic carbocycles. The maximum Gasteiger partial charge on any atom is 0.0846 e. The molecule has 0 bridgehead atoms. The van der Waals surface area contributed by atoms with Gasteiger partial charge < -0.3 is 15.6 Å². The number of anilines is 1. The highest BCUT2D eigenvalue weighted by molar-refractivity contribution is 5.93. The minimum atomic E-state index is 0.747. The van der Waals surface area contributed by atoms with E-state index in [-0.39, 0.29) is 0 Å². The van der Waals surface area contributed by atoms with Gasteiger partial charge in [-0.1, -0.05) is 49.4 Å². The summed E-state index contributed by atoms with van der Waals surface area (Å²) in [5.74, 6) is 6.36. The number of benzene rings is 2. The molecule has 2 aromatic rings. The fourth-order valence-electron chi connectivity index (χ4n) is 3.20. The third-order valence-corrected chi connectivity index (χ3v) is 4.29. The molecule has 0 saturated carbocycles. The summed E-state index contributed by atoms with van der Waals surface area (Å²) in [5.41, 5.74) is 12.7. The van der Waals surface area contributed by atoms with Crippen molar-refractivity contribution >= 4 is 17.1 Å². The molecule has 1 heterocycles. The average molecular weight is 308 g/mol. The number of hydrazine groups is 1. The Labute approximate surface area is 138 Å². The molecule has 0 radical (unpaired) electrons. The number of nitrogens with two attached hydrogens (primary N) is 2. The van der Waals surface area contributed by atoms with Gasteiger partial charge >= 0.3 is 0 Å². The van der Waals surface area contributed by atoms with Crippen LogP contribution in [0.1, 0.15) is 30.0 Å². The van der Waals surface area contributed by atoms with Gasteiger partial charge in [0.1, 0.15) is 0 Å². The van der Waals surface area contributed by atoms with Crippen molar-refractivity contribution in [3.05, 3.63) is 65.2 Å². The van der Waals surface area contributed by atoms with Gasteiger partial charge in [0.15, 0.2) is 0 Å². The minimum Gasteiger partial charge on any atom is -0.396 e. The fourth-order valence-corrected chi connectivity index (χ4v) is 3.20. The number of nitrogens with zero attached hydrogens (tertiary/aromatic N) is 2. The summed E-state index contributed by atoms with van der Waals surface area (Å²) in [7, 11) is 2.11. The van der Waals surface area contributed by atoms with Crippen LogP contribution in [0.25, 0.3) is 11.4 Å². The van der Waals surface area contributed by atoms with Crippen LogP contribution < -0.4 is 16.5 Å². The lowest BCUT2D eigenvalue weighted by Gasteiger charge is -2.32. The van der Waals surface area contributed by atoms with E-state index in [2.05, 4.69) is 55.3 Å². The van der Waals surface area contributed by atoms with E-state index in [9.17, 15) is 0 Å². The van der Waals surface area contributed by atoms with Gasteiger partial charge in [-0.15, -0.1) is 0 Å². The lowest BCUT2D eigenvalue weighted by Crippen LogP contribution is -2.34. The normalized spacial score (nSPS) is 17.1. The van der Waals surface area contributed by atoms with Crippen molar-refractivity contribution in [2.45, 2.75) is 19.9 Å². The highest BCUT2D eigenvalue weighted by atomic mass is 15.4. The van der Waals surface area contributed by atoms with Gasteiger partial charge in [-0.2, -0.15) is 0 Å². The molecule has 1 aliphatic rings. The zero-order chi connectivity index (χ0) is 16.4. The Morgan fingerprint density at radius 2 is 1.70 bits per heavy atom. The molecule has 23 heavy (non-hydrogen) atoms. The molecule has 4 nitrogen and oxygen atoms in total. The van der Waals surface area contributed by atoms with Crippen LogP contribution in [0.2, 0.25) is 0 Å². The second-order valence-corrected chi connectivity index (χ2v) is 5.99. The number of fused-ring (bicyclic) bond motifs is 2. The van der Waals surface area contributed by atoms with Crippen molar-refractivity contribution in [3.8, 4) is 0 Å². The zero-order valence-corrected chi connectivity index (χ0v) is 13.8.